The summed E-state index contributed by atoms with van der Waals surface area (Å²) >= 11 is 0. The van der Waals surface area contributed by atoms with E-state index >= 15 is 0 Å². The van der Waals surface area contributed by atoms with Crippen molar-refractivity contribution in [3.63, 3.8) is 0 Å². The smallest absolute Gasteiger partial charge is 0.256 e. The van der Waals surface area contributed by atoms with Crippen molar-refractivity contribution < 1.29 is 14.3 Å². The zero-order valence-corrected chi connectivity index (χ0v) is 17.5. The topological polar surface area (TPSA) is 91.5 Å². The van der Waals surface area contributed by atoms with Crippen LogP contribution in [0, 0.1) is 0 Å². The zero-order valence-electron chi connectivity index (χ0n) is 17.5. The maximum absolute atomic E-state index is 13.4. The number of nitrogens with one attached hydrogen (secondary N) is 2. The molecule has 160 valence electrons. The molecule has 1 aliphatic heterocycles. The normalized spacial score (nSPS) is 22.1. The number of nitrogens with zero attached hydrogens (tertiary/aromatic N) is 1. The van der Waals surface area contributed by atoms with E-state index in [9.17, 15) is 14.4 Å². The SMILES string of the molecule is CC[C@](C)(C(=O)NC1CCCCC1)N(C[C@@H]1CCCO1)C(=O)c1ccc(=O)[nH]c1. The number of amides is 2. The molecule has 1 saturated heterocycles. The van der Waals surface area contributed by atoms with Crippen molar-refractivity contribution in [2.75, 3.05) is 13.2 Å². The van der Waals surface area contributed by atoms with E-state index in [2.05, 4.69) is 10.3 Å². The fourth-order valence-electron chi connectivity index (χ4n) is 4.26. The van der Waals surface area contributed by atoms with Gasteiger partial charge in [0.1, 0.15) is 5.54 Å². The first-order chi connectivity index (χ1) is 13.9. The average Bonchev–Trinajstić information content (AvgIpc) is 3.25. The molecule has 2 atom stereocenters. The van der Waals surface area contributed by atoms with Crippen molar-refractivity contribution in [3.05, 3.63) is 34.2 Å². The van der Waals surface area contributed by atoms with Gasteiger partial charge in [0.05, 0.1) is 11.7 Å². The van der Waals surface area contributed by atoms with Gasteiger partial charge in [0, 0.05) is 31.5 Å². The van der Waals surface area contributed by atoms with Gasteiger partial charge in [0.15, 0.2) is 0 Å². The van der Waals surface area contributed by atoms with Crippen molar-refractivity contribution in [1.82, 2.24) is 15.2 Å². The van der Waals surface area contributed by atoms with Crippen LogP contribution in [0.1, 0.15) is 75.6 Å². The molecule has 0 spiro atoms. The molecular formula is C22H33N3O4. The predicted octanol–water partition coefficient (Wildman–Crippen LogP) is 2.61. The van der Waals surface area contributed by atoms with E-state index in [4.69, 9.17) is 4.74 Å². The molecule has 3 rings (SSSR count). The molecule has 0 aromatic carbocycles. The summed E-state index contributed by atoms with van der Waals surface area (Å²) in [4.78, 5) is 42.4. The molecule has 0 bridgehead atoms. The molecule has 7 heteroatoms. The maximum atomic E-state index is 13.4. The van der Waals surface area contributed by atoms with Gasteiger partial charge in [-0.25, -0.2) is 0 Å². The average molecular weight is 404 g/mol. The number of ether oxygens (including phenoxy) is 1. The van der Waals surface area contributed by atoms with Gasteiger partial charge in [-0.3, -0.25) is 14.4 Å². The minimum atomic E-state index is -0.989. The number of aromatic nitrogens is 1. The van der Waals surface area contributed by atoms with Gasteiger partial charge in [-0.15, -0.1) is 0 Å². The minimum absolute atomic E-state index is 0.0740. The van der Waals surface area contributed by atoms with Crippen molar-refractivity contribution in [1.29, 1.82) is 0 Å². The van der Waals surface area contributed by atoms with Crippen molar-refractivity contribution in [2.24, 2.45) is 0 Å². The van der Waals surface area contributed by atoms with E-state index in [-0.39, 0.29) is 29.5 Å². The highest BCUT2D eigenvalue weighted by atomic mass is 16.5. The molecule has 1 aromatic heterocycles. The molecule has 2 N–H and O–H groups in total. The van der Waals surface area contributed by atoms with Gasteiger partial charge in [0.25, 0.3) is 5.91 Å². The third-order valence-corrected chi connectivity index (χ3v) is 6.40. The van der Waals surface area contributed by atoms with Gasteiger partial charge >= 0.3 is 0 Å². The lowest BCUT2D eigenvalue weighted by molar-refractivity contribution is -0.133. The van der Waals surface area contributed by atoms with Crippen LogP contribution < -0.4 is 10.9 Å². The highest BCUT2D eigenvalue weighted by Gasteiger charge is 2.43. The van der Waals surface area contributed by atoms with Crippen LogP contribution in [0.2, 0.25) is 0 Å². The van der Waals surface area contributed by atoms with Crippen LogP contribution in [-0.2, 0) is 9.53 Å². The van der Waals surface area contributed by atoms with Crippen molar-refractivity contribution in [2.45, 2.75) is 82.9 Å². The Kier molecular flexibility index (Phi) is 7.11. The van der Waals surface area contributed by atoms with Crippen LogP contribution in [0.4, 0.5) is 0 Å². The molecule has 1 aromatic rings. The van der Waals surface area contributed by atoms with Crippen molar-refractivity contribution in [3.8, 4) is 0 Å². The summed E-state index contributed by atoms with van der Waals surface area (Å²) < 4.78 is 5.77. The molecule has 29 heavy (non-hydrogen) atoms. The first-order valence-corrected chi connectivity index (χ1v) is 10.9. The first-order valence-electron chi connectivity index (χ1n) is 10.9. The number of rotatable bonds is 7. The van der Waals surface area contributed by atoms with Crippen LogP contribution in [0.3, 0.4) is 0 Å². The standard InChI is InChI=1S/C22H33N3O4/c1-3-22(2,21(28)24-17-8-5-4-6-9-17)25(15-18-10-7-13-29-18)20(27)16-11-12-19(26)23-14-16/h11-12,14,17-18H,3-10,13,15H2,1-2H3,(H,23,26)(H,24,28)/t18-,22+/m0/s1. The Hall–Kier alpha value is -2.15. The quantitative estimate of drug-likeness (QED) is 0.732. The van der Waals surface area contributed by atoms with Crippen LogP contribution in [0.15, 0.2) is 23.1 Å². The number of pyridine rings is 1. The van der Waals surface area contributed by atoms with E-state index in [0.717, 1.165) is 38.5 Å². The number of carbonyl (C=O) groups excluding carboxylic acids is 2. The summed E-state index contributed by atoms with van der Waals surface area (Å²) in [5, 5.41) is 3.20. The lowest BCUT2D eigenvalue weighted by Gasteiger charge is -2.41. The Morgan fingerprint density at radius 3 is 2.55 bits per heavy atom. The molecule has 2 fully saturated rings. The van der Waals surface area contributed by atoms with Crippen LogP contribution >= 0.6 is 0 Å². The van der Waals surface area contributed by atoms with Crippen LogP contribution in [-0.4, -0.2) is 52.5 Å². The number of H-pyrrole nitrogens is 1. The molecule has 0 radical (unpaired) electrons. The summed E-state index contributed by atoms with van der Waals surface area (Å²) in [6.45, 7) is 4.82. The van der Waals surface area contributed by atoms with Crippen LogP contribution in [0.5, 0.6) is 0 Å². The second kappa shape index (κ2) is 9.57. The Balaban J connectivity index is 1.85. The summed E-state index contributed by atoms with van der Waals surface area (Å²) in [6, 6.07) is 3.02. The Morgan fingerprint density at radius 2 is 1.97 bits per heavy atom. The third-order valence-electron chi connectivity index (χ3n) is 6.40. The third kappa shape index (κ3) is 5.07. The lowest BCUT2D eigenvalue weighted by Crippen LogP contribution is -2.61. The van der Waals surface area contributed by atoms with Gasteiger partial charge in [-0.1, -0.05) is 26.2 Å². The Morgan fingerprint density at radius 1 is 1.21 bits per heavy atom. The summed E-state index contributed by atoms with van der Waals surface area (Å²) in [5.41, 5.74) is -0.885. The van der Waals surface area contributed by atoms with Gasteiger partial charge < -0.3 is 19.9 Å². The van der Waals surface area contributed by atoms with Gasteiger partial charge in [0.2, 0.25) is 11.5 Å². The molecule has 0 unspecified atom stereocenters. The molecule has 2 amide bonds. The second-order valence-electron chi connectivity index (χ2n) is 8.43. The number of hydrogen-bond acceptors (Lipinski definition) is 4. The Labute approximate surface area is 172 Å². The first kappa shape index (κ1) is 21.6. The monoisotopic (exact) mass is 403 g/mol. The van der Waals surface area contributed by atoms with E-state index in [1.807, 2.05) is 13.8 Å². The number of carbonyl (C=O) groups is 2. The van der Waals surface area contributed by atoms with Gasteiger partial charge in [-0.2, -0.15) is 0 Å². The number of hydrogen-bond donors (Lipinski definition) is 2. The van der Waals surface area contributed by atoms with Crippen LogP contribution in [0.25, 0.3) is 0 Å². The highest BCUT2D eigenvalue weighted by molar-refractivity contribution is 5.99. The molecule has 7 nitrogen and oxygen atoms in total. The fraction of sp³-hybridized carbons (Fsp3) is 0.682. The molecule has 2 heterocycles. The summed E-state index contributed by atoms with van der Waals surface area (Å²) in [6.07, 6.45) is 9.13. The summed E-state index contributed by atoms with van der Waals surface area (Å²) in [5.74, 6) is -0.373. The lowest BCUT2D eigenvalue weighted by atomic mass is 9.90. The predicted molar refractivity (Wildman–Crippen MR) is 111 cm³/mol. The minimum Gasteiger partial charge on any atom is -0.376 e. The zero-order chi connectivity index (χ0) is 20.9. The fourth-order valence-corrected chi connectivity index (χ4v) is 4.26. The maximum Gasteiger partial charge on any atom is 0.256 e. The van der Waals surface area contributed by atoms with E-state index in [1.54, 1.807) is 4.90 Å². The second-order valence-corrected chi connectivity index (χ2v) is 8.43. The molecule has 1 saturated carbocycles. The Bertz CT molecular complexity index is 745. The summed E-state index contributed by atoms with van der Waals surface area (Å²) in [7, 11) is 0. The van der Waals surface area contributed by atoms with E-state index in [1.165, 1.54) is 24.8 Å². The molecular weight excluding hydrogens is 370 g/mol. The van der Waals surface area contributed by atoms with Crippen molar-refractivity contribution >= 4 is 11.8 Å². The van der Waals surface area contributed by atoms with E-state index in [0.29, 0.717) is 25.1 Å². The molecule has 1 aliphatic carbocycles. The van der Waals surface area contributed by atoms with Gasteiger partial charge in [-0.05, 0) is 45.1 Å². The highest BCUT2D eigenvalue weighted by Crippen LogP contribution is 2.27. The van der Waals surface area contributed by atoms with E-state index < -0.39 is 5.54 Å². The number of aromatic amines is 1. The molecule has 2 aliphatic rings. The largest absolute Gasteiger partial charge is 0.376 e.